The Labute approximate surface area is 126 Å². The quantitative estimate of drug-likeness (QED) is 0.843. The molecule has 2 bridgehead atoms. The first-order valence-electron chi connectivity index (χ1n) is 7.71. The molecule has 0 aromatic heterocycles. The molecule has 0 heterocycles. The molecule has 2 aliphatic rings. The molecule has 3 nitrogen and oxygen atoms in total. The number of amides is 1. The Kier molecular flexibility index (Phi) is 3.01. The number of ketones is 1. The van der Waals surface area contributed by atoms with Crippen LogP contribution >= 0.6 is 0 Å². The van der Waals surface area contributed by atoms with E-state index in [1.165, 1.54) is 5.56 Å². The molecule has 112 valence electrons. The fourth-order valence-corrected chi connectivity index (χ4v) is 4.17. The van der Waals surface area contributed by atoms with Crippen LogP contribution < -0.4 is 5.32 Å². The van der Waals surface area contributed by atoms with Crippen LogP contribution in [-0.2, 0) is 9.59 Å². The minimum absolute atomic E-state index is 0.104. The van der Waals surface area contributed by atoms with E-state index in [1.54, 1.807) is 0 Å². The fourth-order valence-electron chi connectivity index (χ4n) is 4.17. The van der Waals surface area contributed by atoms with Gasteiger partial charge in [-0.25, -0.2) is 0 Å². The minimum atomic E-state index is -0.786. The SMILES string of the molecule is Cc1ccc(NC(=O)C23CCC(C2)C(C)(C)C3=O)c(C)c1. The van der Waals surface area contributed by atoms with E-state index in [9.17, 15) is 9.59 Å². The topological polar surface area (TPSA) is 46.2 Å². The van der Waals surface area contributed by atoms with Crippen LogP contribution in [0.15, 0.2) is 18.2 Å². The maximum atomic E-state index is 12.8. The molecule has 0 saturated heterocycles. The van der Waals surface area contributed by atoms with Gasteiger partial charge < -0.3 is 5.32 Å². The molecular weight excluding hydrogens is 262 g/mol. The molecule has 1 amide bonds. The van der Waals surface area contributed by atoms with E-state index in [1.807, 2.05) is 45.9 Å². The Hall–Kier alpha value is -1.64. The Morgan fingerprint density at radius 2 is 2.00 bits per heavy atom. The molecule has 3 rings (SSSR count). The molecule has 1 aromatic rings. The highest BCUT2D eigenvalue weighted by Crippen LogP contribution is 2.60. The number of anilines is 1. The summed E-state index contributed by atoms with van der Waals surface area (Å²) in [5.74, 6) is 0.385. The summed E-state index contributed by atoms with van der Waals surface area (Å²) >= 11 is 0. The summed E-state index contributed by atoms with van der Waals surface area (Å²) in [4.78, 5) is 25.5. The van der Waals surface area contributed by atoms with Crippen molar-refractivity contribution in [2.45, 2.75) is 47.0 Å². The maximum Gasteiger partial charge on any atom is 0.238 e. The lowest BCUT2D eigenvalue weighted by Gasteiger charge is -2.32. The van der Waals surface area contributed by atoms with Crippen LogP contribution in [0.4, 0.5) is 5.69 Å². The van der Waals surface area contributed by atoms with Crippen LogP contribution in [0.3, 0.4) is 0 Å². The van der Waals surface area contributed by atoms with Gasteiger partial charge in [-0.3, -0.25) is 9.59 Å². The third-order valence-electron chi connectivity index (χ3n) is 5.62. The van der Waals surface area contributed by atoms with Crippen molar-refractivity contribution in [2.24, 2.45) is 16.7 Å². The average molecular weight is 285 g/mol. The Morgan fingerprint density at radius 1 is 1.29 bits per heavy atom. The molecule has 3 heteroatoms. The van der Waals surface area contributed by atoms with Gasteiger partial charge in [0.2, 0.25) is 5.91 Å². The van der Waals surface area contributed by atoms with Crippen LogP contribution in [0, 0.1) is 30.6 Å². The van der Waals surface area contributed by atoms with Crippen molar-refractivity contribution < 1.29 is 9.59 Å². The van der Waals surface area contributed by atoms with E-state index in [-0.39, 0.29) is 17.1 Å². The largest absolute Gasteiger partial charge is 0.325 e. The summed E-state index contributed by atoms with van der Waals surface area (Å²) in [7, 11) is 0. The number of nitrogens with one attached hydrogen (secondary N) is 1. The molecule has 0 aliphatic heterocycles. The number of hydrogen-bond donors (Lipinski definition) is 1. The summed E-state index contributed by atoms with van der Waals surface area (Å²) < 4.78 is 0. The number of carbonyl (C=O) groups excluding carboxylic acids is 2. The first-order chi connectivity index (χ1) is 9.77. The molecule has 2 unspecified atom stereocenters. The molecule has 21 heavy (non-hydrogen) atoms. The zero-order valence-electron chi connectivity index (χ0n) is 13.2. The Bertz CT molecular complexity index is 632. The van der Waals surface area contributed by atoms with Crippen molar-refractivity contribution in [3.63, 3.8) is 0 Å². The second kappa shape index (κ2) is 4.43. The molecule has 2 saturated carbocycles. The van der Waals surface area contributed by atoms with Gasteiger partial charge in [-0.2, -0.15) is 0 Å². The first kappa shape index (κ1) is 14.3. The maximum absolute atomic E-state index is 12.8. The van der Waals surface area contributed by atoms with Crippen LogP contribution in [0.5, 0.6) is 0 Å². The lowest BCUT2D eigenvalue weighted by Crippen LogP contribution is -2.44. The highest BCUT2D eigenvalue weighted by Gasteiger charge is 2.65. The lowest BCUT2D eigenvalue weighted by atomic mass is 9.70. The standard InChI is InChI=1S/C18H23NO2/c1-11-5-6-14(12(2)9-11)19-16(21)18-8-7-13(10-18)17(3,4)15(18)20/h5-6,9,13H,7-8,10H2,1-4H3,(H,19,21). The summed E-state index contributed by atoms with van der Waals surface area (Å²) in [6.07, 6.45) is 2.41. The number of carbonyl (C=O) groups is 2. The lowest BCUT2D eigenvalue weighted by molar-refractivity contribution is -0.142. The molecular formula is C18H23NO2. The monoisotopic (exact) mass is 285 g/mol. The summed E-state index contributed by atoms with van der Waals surface area (Å²) in [6.45, 7) is 8.00. The number of benzene rings is 1. The van der Waals surface area contributed by atoms with Gasteiger partial charge in [-0.1, -0.05) is 31.5 Å². The zero-order valence-corrected chi connectivity index (χ0v) is 13.2. The van der Waals surface area contributed by atoms with Gasteiger partial charge in [0.15, 0.2) is 5.78 Å². The van der Waals surface area contributed by atoms with Gasteiger partial charge in [0.1, 0.15) is 5.41 Å². The van der Waals surface area contributed by atoms with Crippen molar-refractivity contribution in [3.05, 3.63) is 29.3 Å². The molecule has 0 radical (unpaired) electrons. The molecule has 1 N–H and O–H groups in total. The summed E-state index contributed by atoms with van der Waals surface area (Å²) in [5, 5.41) is 3.01. The second-order valence-corrected chi connectivity index (χ2v) is 7.35. The van der Waals surface area contributed by atoms with Gasteiger partial charge in [0, 0.05) is 11.1 Å². The van der Waals surface area contributed by atoms with E-state index >= 15 is 0 Å². The zero-order chi connectivity index (χ0) is 15.4. The smallest absolute Gasteiger partial charge is 0.238 e. The highest BCUT2D eigenvalue weighted by atomic mass is 16.2. The first-order valence-corrected chi connectivity index (χ1v) is 7.71. The average Bonchev–Trinajstić information content (AvgIpc) is 2.93. The number of Topliss-reactive ketones (excluding diaryl/α,β-unsaturated/α-hetero) is 1. The number of aryl methyl sites for hydroxylation is 2. The van der Waals surface area contributed by atoms with Crippen LogP contribution in [0.25, 0.3) is 0 Å². The molecule has 1 aromatic carbocycles. The summed E-state index contributed by atoms with van der Waals surface area (Å²) in [6, 6.07) is 5.96. The number of fused-ring (bicyclic) bond motifs is 2. The van der Waals surface area contributed by atoms with Crippen LogP contribution in [0.2, 0.25) is 0 Å². The third-order valence-corrected chi connectivity index (χ3v) is 5.62. The predicted molar refractivity (Wildman–Crippen MR) is 83.1 cm³/mol. The normalized spacial score (nSPS) is 29.7. The van der Waals surface area contributed by atoms with Gasteiger partial charge in [0.05, 0.1) is 0 Å². The van der Waals surface area contributed by atoms with E-state index in [2.05, 4.69) is 5.32 Å². The van der Waals surface area contributed by atoms with Gasteiger partial charge >= 0.3 is 0 Å². The van der Waals surface area contributed by atoms with Crippen LogP contribution in [-0.4, -0.2) is 11.7 Å². The van der Waals surface area contributed by atoms with E-state index in [0.29, 0.717) is 12.3 Å². The van der Waals surface area contributed by atoms with E-state index in [0.717, 1.165) is 24.1 Å². The summed E-state index contributed by atoms with van der Waals surface area (Å²) in [5.41, 5.74) is 1.89. The second-order valence-electron chi connectivity index (χ2n) is 7.35. The molecule has 2 fully saturated rings. The van der Waals surface area contributed by atoms with Crippen molar-refractivity contribution in [1.29, 1.82) is 0 Å². The third kappa shape index (κ3) is 1.94. The van der Waals surface area contributed by atoms with Gasteiger partial charge in [-0.15, -0.1) is 0 Å². The predicted octanol–water partition coefficient (Wildman–Crippen LogP) is 3.64. The van der Waals surface area contributed by atoms with Gasteiger partial charge in [-0.05, 0) is 50.7 Å². The molecule has 0 spiro atoms. The van der Waals surface area contributed by atoms with Gasteiger partial charge in [0.25, 0.3) is 0 Å². The van der Waals surface area contributed by atoms with E-state index in [4.69, 9.17) is 0 Å². The van der Waals surface area contributed by atoms with Crippen molar-refractivity contribution in [1.82, 2.24) is 0 Å². The molecule has 2 aliphatic carbocycles. The minimum Gasteiger partial charge on any atom is -0.325 e. The fraction of sp³-hybridized carbons (Fsp3) is 0.556. The van der Waals surface area contributed by atoms with Crippen molar-refractivity contribution in [3.8, 4) is 0 Å². The van der Waals surface area contributed by atoms with Crippen LogP contribution in [0.1, 0.15) is 44.2 Å². The molecule has 2 atom stereocenters. The highest BCUT2D eigenvalue weighted by molar-refractivity contribution is 6.15. The van der Waals surface area contributed by atoms with Crippen molar-refractivity contribution >= 4 is 17.4 Å². The number of rotatable bonds is 2. The van der Waals surface area contributed by atoms with E-state index < -0.39 is 5.41 Å². The number of hydrogen-bond acceptors (Lipinski definition) is 2. The Morgan fingerprint density at radius 3 is 2.57 bits per heavy atom. The Balaban J connectivity index is 1.88. The van der Waals surface area contributed by atoms with Crippen molar-refractivity contribution in [2.75, 3.05) is 5.32 Å².